The summed E-state index contributed by atoms with van der Waals surface area (Å²) >= 11 is 6.87. The van der Waals surface area contributed by atoms with E-state index in [4.69, 9.17) is 16.7 Å². The Morgan fingerprint density at radius 3 is 2.59 bits per heavy atom. The zero-order chi connectivity index (χ0) is 20.0. The van der Waals surface area contributed by atoms with Crippen molar-refractivity contribution in [3.63, 3.8) is 0 Å². The third-order valence-corrected chi connectivity index (χ3v) is 5.04. The first kappa shape index (κ1) is 20.8. The second-order valence-electron chi connectivity index (χ2n) is 5.55. The summed E-state index contributed by atoms with van der Waals surface area (Å²) in [7, 11) is 0. The van der Waals surface area contributed by atoms with Crippen LogP contribution in [0.3, 0.4) is 0 Å². The maximum absolute atomic E-state index is 13.1. The van der Waals surface area contributed by atoms with E-state index in [-0.39, 0.29) is 27.3 Å². The molecule has 0 amide bonds. The van der Waals surface area contributed by atoms with Gasteiger partial charge in [-0.2, -0.15) is 0 Å². The van der Waals surface area contributed by atoms with E-state index in [1.165, 1.54) is 36.5 Å². The topological polar surface area (TPSA) is 83.3 Å². The molecule has 0 aliphatic carbocycles. The van der Waals surface area contributed by atoms with Crippen molar-refractivity contribution in [3.05, 3.63) is 58.2 Å². The van der Waals surface area contributed by atoms with Crippen LogP contribution in [-0.4, -0.2) is 26.0 Å². The highest BCUT2D eigenvalue weighted by molar-refractivity contribution is 7.17. The number of carbonyl (C=O) groups excluding carboxylic acids is 1. The number of nitrogens with zero attached hydrogens (tertiary/aromatic N) is 2. The lowest BCUT2D eigenvalue weighted by Crippen LogP contribution is -1.89. The Labute approximate surface area is 165 Å². The molecule has 5 nitrogen and oxygen atoms in total. The zero-order valence-corrected chi connectivity index (χ0v) is 16.3. The monoisotopic (exact) mass is 408 g/mol. The van der Waals surface area contributed by atoms with Gasteiger partial charge in [0.2, 0.25) is 5.88 Å². The van der Waals surface area contributed by atoms with Gasteiger partial charge in [0.05, 0.1) is 5.02 Å². The molecule has 27 heavy (non-hydrogen) atoms. The van der Waals surface area contributed by atoms with Crippen molar-refractivity contribution >= 4 is 28.7 Å². The van der Waals surface area contributed by atoms with Crippen molar-refractivity contribution in [1.82, 2.24) is 9.97 Å². The standard InChI is InChI=1S/C10H8N2O2S.C9H10ClFO/c1-6(13)8-9(14)12-10(15-8)7-3-2-4-11-5-7;1-2-9(11)7-4-3-6(12)5-8(7)10/h2-5,14H,1H3;3-5,9,12H,2H2,1H3. The van der Waals surface area contributed by atoms with Gasteiger partial charge in [-0.15, -0.1) is 11.3 Å². The lowest BCUT2D eigenvalue weighted by Gasteiger charge is -2.07. The Hall–Kier alpha value is -2.51. The fourth-order valence-corrected chi connectivity index (χ4v) is 3.28. The van der Waals surface area contributed by atoms with Gasteiger partial charge in [-0.1, -0.05) is 24.6 Å². The number of alkyl halides is 1. The molecule has 2 aromatic heterocycles. The summed E-state index contributed by atoms with van der Waals surface area (Å²) in [4.78, 5) is 19.3. The minimum atomic E-state index is -1.04. The molecule has 1 aromatic carbocycles. The van der Waals surface area contributed by atoms with Crippen LogP contribution < -0.4 is 0 Å². The fraction of sp³-hybridized carbons (Fsp3) is 0.211. The third kappa shape index (κ3) is 5.48. The molecule has 2 heterocycles. The number of aromatic hydroxyl groups is 2. The highest BCUT2D eigenvalue weighted by Gasteiger charge is 2.15. The largest absolute Gasteiger partial charge is 0.508 e. The molecule has 0 aliphatic heterocycles. The molecular formula is C19H18ClFN2O3S. The van der Waals surface area contributed by atoms with E-state index in [0.717, 1.165) is 5.56 Å². The van der Waals surface area contributed by atoms with Gasteiger partial charge >= 0.3 is 0 Å². The summed E-state index contributed by atoms with van der Waals surface area (Å²) in [5.74, 6) is -0.321. The first-order valence-electron chi connectivity index (χ1n) is 8.07. The summed E-state index contributed by atoms with van der Waals surface area (Å²) < 4.78 is 13.1. The van der Waals surface area contributed by atoms with Gasteiger partial charge in [-0.05, 0) is 30.7 Å². The quantitative estimate of drug-likeness (QED) is 0.550. The third-order valence-electron chi connectivity index (χ3n) is 3.52. The fourth-order valence-electron chi connectivity index (χ4n) is 2.14. The summed E-state index contributed by atoms with van der Waals surface area (Å²) in [5, 5.41) is 19.3. The average Bonchev–Trinajstić information content (AvgIpc) is 3.04. The van der Waals surface area contributed by atoms with E-state index >= 15 is 0 Å². The Bertz CT molecular complexity index is 919. The smallest absolute Gasteiger partial charge is 0.233 e. The number of hydrogen-bond acceptors (Lipinski definition) is 6. The number of carbonyl (C=O) groups is 1. The number of aromatic nitrogens is 2. The van der Waals surface area contributed by atoms with Gasteiger partial charge < -0.3 is 10.2 Å². The molecule has 0 fully saturated rings. The molecule has 1 unspecified atom stereocenters. The number of ketones is 1. The molecule has 1 atom stereocenters. The number of benzene rings is 1. The molecular weight excluding hydrogens is 391 g/mol. The number of phenolic OH excluding ortho intramolecular Hbond substituents is 1. The van der Waals surface area contributed by atoms with Gasteiger partial charge in [-0.3, -0.25) is 9.78 Å². The van der Waals surface area contributed by atoms with Gasteiger partial charge in [0, 0.05) is 30.4 Å². The number of hydrogen-bond donors (Lipinski definition) is 2. The highest BCUT2D eigenvalue weighted by Crippen LogP contribution is 2.31. The molecule has 0 bridgehead atoms. The number of thiazole rings is 1. The van der Waals surface area contributed by atoms with E-state index in [9.17, 15) is 14.3 Å². The van der Waals surface area contributed by atoms with Crippen LogP contribution in [0.15, 0.2) is 42.7 Å². The SMILES string of the molecule is CC(=O)c1sc(-c2cccnc2)nc1O.CCC(F)c1ccc(O)cc1Cl. The number of phenols is 1. The normalized spacial score (nSPS) is 11.4. The van der Waals surface area contributed by atoms with Crippen LogP contribution in [0.1, 0.15) is 41.7 Å². The van der Waals surface area contributed by atoms with Gasteiger partial charge in [0.25, 0.3) is 0 Å². The van der Waals surface area contributed by atoms with Crippen LogP contribution in [-0.2, 0) is 0 Å². The minimum absolute atomic E-state index is 0.0621. The Morgan fingerprint density at radius 2 is 2.07 bits per heavy atom. The van der Waals surface area contributed by atoms with Crippen molar-refractivity contribution in [2.24, 2.45) is 0 Å². The maximum Gasteiger partial charge on any atom is 0.233 e. The average molecular weight is 409 g/mol. The van der Waals surface area contributed by atoms with Crippen LogP contribution in [0.25, 0.3) is 10.6 Å². The van der Waals surface area contributed by atoms with Crippen molar-refractivity contribution in [3.8, 4) is 22.2 Å². The molecule has 0 spiro atoms. The number of pyridine rings is 1. The summed E-state index contributed by atoms with van der Waals surface area (Å²) in [6.45, 7) is 3.15. The number of Topliss-reactive ketones (excluding diaryl/α,β-unsaturated/α-hetero) is 1. The van der Waals surface area contributed by atoms with E-state index < -0.39 is 6.17 Å². The van der Waals surface area contributed by atoms with E-state index in [2.05, 4.69) is 9.97 Å². The number of rotatable bonds is 4. The lowest BCUT2D eigenvalue weighted by atomic mass is 10.1. The van der Waals surface area contributed by atoms with Crippen LogP contribution >= 0.6 is 22.9 Å². The summed E-state index contributed by atoms with van der Waals surface area (Å²) in [5.41, 5.74) is 1.24. The molecule has 0 aliphatic rings. The predicted octanol–water partition coefficient (Wildman–Crippen LogP) is 5.58. The van der Waals surface area contributed by atoms with E-state index in [1.807, 2.05) is 6.07 Å². The molecule has 2 N–H and O–H groups in total. The van der Waals surface area contributed by atoms with Gasteiger partial charge in [0.1, 0.15) is 21.8 Å². The minimum Gasteiger partial charge on any atom is -0.508 e. The molecule has 142 valence electrons. The Balaban J connectivity index is 0.000000199. The molecule has 0 radical (unpaired) electrons. The first-order chi connectivity index (χ1) is 12.8. The number of halogens is 2. The summed E-state index contributed by atoms with van der Waals surface area (Å²) in [6.07, 6.45) is 2.65. The molecule has 8 heteroatoms. The molecule has 3 rings (SSSR count). The second kappa shape index (κ2) is 9.43. The van der Waals surface area contributed by atoms with Crippen molar-refractivity contribution < 1.29 is 19.4 Å². The van der Waals surface area contributed by atoms with Crippen LogP contribution in [0.5, 0.6) is 11.6 Å². The van der Waals surface area contributed by atoms with Crippen LogP contribution in [0.4, 0.5) is 4.39 Å². The highest BCUT2D eigenvalue weighted by atomic mass is 35.5. The van der Waals surface area contributed by atoms with Crippen molar-refractivity contribution in [2.75, 3.05) is 0 Å². The van der Waals surface area contributed by atoms with Crippen LogP contribution in [0, 0.1) is 0 Å². The summed E-state index contributed by atoms with van der Waals surface area (Å²) in [6, 6.07) is 7.89. The molecule has 0 saturated carbocycles. The predicted molar refractivity (Wildman–Crippen MR) is 104 cm³/mol. The Kier molecular flexibility index (Phi) is 7.27. The van der Waals surface area contributed by atoms with Crippen molar-refractivity contribution in [1.29, 1.82) is 0 Å². The second-order valence-corrected chi connectivity index (χ2v) is 6.96. The van der Waals surface area contributed by atoms with E-state index in [0.29, 0.717) is 17.0 Å². The lowest BCUT2D eigenvalue weighted by molar-refractivity contribution is 0.101. The van der Waals surface area contributed by atoms with Gasteiger partial charge in [-0.25, -0.2) is 9.37 Å². The van der Waals surface area contributed by atoms with Crippen molar-refractivity contribution in [2.45, 2.75) is 26.4 Å². The molecule has 3 aromatic rings. The Morgan fingerprint density at radius 1 is 1.33 bits per heavy atom. The maximum atomic E-state index is 13.1. The zero-order valence-electron chi connectivity index (χ0n) is 14.7. The first-order valence-corrected chi connectivity index (χ1v) is 9.26. The van der Waals surface area contributed by atoms with E-state index in [1.54, 1.807) is 25.4 Å². The molecule has 0 saturated heterocycles. The van der Waals surface area contributed by atoms with Gasteiger partial charge in [0.15, 0.2) is 5.78 Å². The van der Waals surface area contributed by atoms with Crippen LogP contribution in [0.2, 0.25) is 5.02 Å².